The van der Waals surface area contributed by atoms with E-state index in [-0.39, 0.29) is 18.1 Å². The van der Waals surface area contributed by atoms with E-state index in [1.807, 2.05) is 4.90 Å². The Bertz CT molecular complexity index is 517. The van der Waals surface area contributed by atoms with Gasteiger partial charge in [0.05, 0.1) is 16.6 Å². The first-order valence-electron chi connectivity index (χ1n) is 7.04. The molecule has 2 aliphatic rings. The second kappa shape index (κ2) is 5.82. The summed E-state index contributed by atoms with van der Waals surface area (Å²) in [7, 11) is 0. The minimum Gasteiger partial charge on any atom is -0.376 e. The van der Waals surface area contributed by atoms with Gasteiger partial charge in [-0.2, -0.15) is 0 Å². The average Bonchev–Trinajstić information content (AvgIpc) is 3.10. The van der Waals surface area contributed by atoms with E-state index in [1.54, 1.807) is 12.1 Å². The third-order valence-corrected chi connectivity index (χ3v) is 4.76. The predicted octanol–water partition coefficient (Wildman–Crippen LogP) is 3.37. The number of benzene rings is 1. The van der Waals surface area contributed by atoms with E-state index in [4.69, 9.17) is 4.74 Å². The number of likely N-dealkylation sites (tertiary alicyclic amines) is 1. The Morgan fingerprint density at radius 2 is 2.20 bits per heavy atom. The number of carbonyl (C=O) groups excluding carboxylic acids is 1. The molecule has 0 aliphatic carbocycles. The maximum Gasteiger partial charge on any atom is 0.254 e. The van der Waals surface area contributed by atoms with Crippen molar-refractivity contribution in [1.82, 2.24) is 4.90 Å². The highest BCUT2D eigenvalue weighted by molar-refractivity contribution is 9.10. The number of halogens is 2. The summed E-state index contributed by atoms with van der Waals surface area (Å²) in [6.07, 6.45) is 4.21. The summed E-state index contributed by atoms with van der Waals surface area (Å²) in [5.74, 6) is -0.488. The van der Waals surface area contributed by atoms with Crippen LogP contribution in [-0.2, 0) is 4.74 Å². The number of amides is 1. The molecule has 20 heavy (non-hydrogen) atoms. The Balaban J connectivity index is 1.79. The molecule has 0 spiro atoms. The fourth-order valence-electron chi connectivity index (χ4n) is 3.13. The normalized spacial score (nSPS) is 26.2. The van der Waals surface area contributed by atoms with Crippen LogP contribution in [0.4, 0.5) is 4.39 Å². The molecule has 1 amide bonds. The van der Waals surface area contributed by atoms with Gasteiger partial charge in [0, 0.05) is 18.7 Å². The van der Waals surface area contributed by atoms with Crippen LogP contribution in [0.25, 0.3) is 0 Å². The summed E-state index contributed by atoms with van der Waals surface area (Å²) < 4.78 is 19.7. The van der Waals surface area contributed by atoms with Crippen LogP contribution < -0.4 is 0 Å². The number of hydrogen-bond acceptors (Lipinski definition) is 2. The highest BCUT2D eigenvalue weighted by Crippen LogP contribution is 2.29. The van der Waals surface area contributed by atoms with Gasteiger partial charge >= 0.3 is 0 Å². The molecule has 0 saturated carbocycles. The Morgan fingerprint density at radius 3 is 2.90 bits per heavy atom. The molecule has 0 N–H and O–H groups in total. The molecule has 0 radical (unpaired) electrons. The van der Waals surface area contributed by atoms with E-state index in [2.05, 4.69) is 15.9 Å². The summed E-state index contributed by atoms with van der Waals surface area (Å²) in [5.41, 5.74) is 0.413. The van der Waals surface area contributed by atoms with Crippen LogP contribution in [0.15, 0.2) is 22.7 Å². The largest absolute Gasteiger partial charge is 0.376 e. The van der Waals surface area contributed by atoms with Gasteiger partial charge in [-0.25, -0.2) is 4.39 Å². The van der Waals surface area contributed by atoms with E-state index in [0.717, 1.165) is 38.8 Å². The van der Waals surface area contributed by atoms with Crippen LogP contribution >= 0.6 is 15.9 Å². The lowest BCUT2D eigenvalue weighted by atomic mass is 10.0. The zero-order valence-corrected chi connectivity index (χ0v) is 12.7. The van der Waals surface area contributed by atoms with Gasteiger partial charge in [0.25, 0.3) is 5.91 Å². The lowest BCUT2D eigenvalue weighted by molar-refractivity contribution is 0.0340. The quantitative estimate of drug-likeness (QED) is 0.825. The zero-order chi connectivity index (χ0) is 14.1. The summed E-state index contributed by atoms with van der Waals surface area (Å²) in [6, 6.07) is 4.70. The van der Waals surface area contributed by atoms with Crippen LogP contribution in [0.5, 0.6) is 0 Å². The van der Waals surface area contributed by atoms with Crippen molar-refractivity contribution < 1.29 is 13.9 Å². The average molecular weight is 342 g/mol. The topological polar surface area (TPSA) is 29.5 Å². The molecular weight excluding hydrogens is 325 g/mol. The van der Waals surface area contributed by atoms with Crippen LogP contribution in [0.2, 0.25) is 0 Å². The zero-order valence-electron chi connectivity index (χ0n) is 11.1. The second-order valence-electron chi connectivity index (χ2n) is 5.39. The first-order chi connectivity index (χ1) is 9.66. The van der Waals surface area contributed by atoms with Crippen molar-refractivity contribution in [2.24, 2.45) is 0 Å². The van der Waals surface area contributed by atoms with Gasteiger partial charge in [0.15, 0.2) is 0 Å². The maximum atomic E-state index is 13.6. The van der Waals surface area contributed by atoms with E-state index < -0.39 is 5.82 Å². The van der Waals surface area contributed by atoms with Gasteiger partial charge < -0.3 is 9.64 Å². The van der Waals surface area contributed by atoms with Gasteiger partial charge in [-0.1, -0.05) is 0 Å². The smallest absolute Gasteiger partial charge is 0.254 e. The van der Waals surface area contributed by atoms with Crippen molar-refractivity contribution in [2.45, 2.75) is 37.8 Å². The maximum absolute atomic E-state index is 13.6. The standard InChI is InChI=1S/C15H17BrFNO2/c16-11-6-5-10(9-12(11)17)15(19)18-7-1-3-13(18)14-4-2-8-20-14/h5-6,9,13-14H,1-4,7-8H2. The van der Waals surface area contributed by atoms with Crippen LogP contribution in [0, 0.1) is 5.82 Å². The van der Waals surface area contributed by atoms with Crippen molar-refractivity contribution in [1.29, 1.82) is 0 Å². The highest BCUT2D eigenvalue weighted by Gasteiger charge is 2.37. The molecule has 2 unspecified atom stereocenters. The van der Waals surface area contributed by atoms with Gasteiger partial charge in [-0.15, -0.1) is 0 Å². The molecule has 2 heterocycles. The molecule has 2 aliphatic heterocycles. The van der Waals surface area contributed by atoms with Gasteiger partial charge in [-0.3, -0.25) is 4.79 Å². The number of carbonyl (C=O) groups is 1. The molecule has 0 bridgehead atoms. The first-order valence-corrected chi connectivity index (χ1v) is 7.84. The SMILES string of the molecule is O=C(c1ccc(Br)c(F)c1)N1CCCC1C1CCCO1. The monoisotopic (exact) mass is 341 g/mol. The van der Waals surface area contributed by atoms with Crippen molar-refractivity contribution in [3.8, 4) is 0 Å². The van der Waals surface area contributed by atoms with E-state index in [0.29, 0.717) is 10.0 Å². The Morgan fingerprint density at radius 1 is 1.35 bits per heavy atom. The van der Waals surface area contributed by atoms with Crippen molar-refractivity contribution in [3.63, 3.8) is 0 Å². The van der Waals surface area contributed by atoms with E-state index >= 15 is 0 Å². The molecule has 5 heteroatoms. The molecule has 3 rings (SSSR count). The molecular formula is C15H17BrFNO2. The van der Waals surface area contributed by atoms with Crippen LogP contribution in [-0.4, -0.2) is 36.1 Å². The summed E-state index contributed by atoms with van der Waals surface area (Å²) in [4.78, 5) is 14.4. The van der Waals surface area contributed by atoms with Crippen LogP contribution in [0.1, 0.15) is 36.0 Å². The highest BCUT2D eigenvalue weighted by atomic mass is 79.9. The second-order valence-corrected chi connectivity index (χ2v) is 6.24. The third-order valence-electron chi connectivity index (χ3n) is 4.12. The molecule has 2 fully saturated rings. The fraction of sp³-hybridized carbons (Fsp3) is 0.533. The molecule has 2 atom stereocenters. The van der Waals surface area contributed by atoms with Gasteiger partial charge in [-0.05, 0) is 59.8 Å². The van der Waals surface area contributed by atoms with Crippen molar-refractivity contribution in [2.75, 3.05) is 13.2 Å². The number of ether oxygens (including phenoxy) is 1. The molecule has 1 aromatic carbocycles. The third kappa shape index (κ3) is 2.61. The number of hydrogen-bond donors (Lipinski definition) is 0. The molecule has 1 aromatic rings. The predicted molar refractivity (Wildman–Crippen MR) is 77.1 cm³/mol. The minimum atomic E-state index is -0.399. The minimum absolute atomic E-state index is 0.0885. The fourth-order valence-corrected chi connectivity index (χ4v) is 3.38. The Kier molecular flexibility index (Phi) is 4.08. The molecule has 108 valence electrons. The van der Waals surface area contributed by atoms with E-state index in [1.165, 1.54) is 6.07 Å². The van der Waals surface area contributed by atoms with Crippen LogP contribution in [0.3, 0.4) is 0 Å². The van der Waals surface area contributed by atoms with Gasteiger partial charge in [0.1, 0.15) is 5.82 Å². The summed E-state index contributed by atoms with van der Waals surface area (Å²) >= 11 is 3.11. The Labute approximate surface area is 126 Å². The Hall–Kier alpha value is -0.940. The number of nitrogens with zero attached hydrogens (tertiary/aromatic N) is 1. The van der Waals surface area contributed by atoms with Crippen molar-refractivity contribution in [3.05, 3.63) is 34.1 Å². The lowest BCUT2D eigenvalue weighted by Gasteiger charge is -2.29. The molecule has 3 nitrogen and oxygen atoms in total. The van der Waals surface area contributed by atoms with Crippen molar-refractivity contribution >= 4 is 21.8 Å². The van der Waals surface area contributed by atoms with E-state index in [9.17, 15) is 9.18 Å². The number of rotatable bonds is 2. The lowest BCUT2D eigenvalue weighted by Crippen LogP contribution is -2.42. The molecule has 2 saturated heterocycles. The van der Waals surface area contributed by atoms with Gasteiger partial charge in [0.2, 0.25) is 0 Å². The molecule has 0 aromatic heterocycles. The first kappa shape index (κ1) is 14.0. The summed E-state index contributed by atoms with van der Waals surface area (Å²) in [5, 5.41) is 0. The summed E-state index contributed by atoms with van der Waals surface area (Å²) in [6.45, 7) is 1.52.